The van der Waals surface area contributed by atoms with E-state index in [1.165, 1.54) is 0 Å². The first-order valence-corrected chi connectivity index (χ1v) is 11.7. The van der Waals surface area contributed by atoms with Crippen LogP contribution < -0.4 is 5.32 Å². The first-order chi connectivity index (χ1) is 13.8. The Hall–Kier alpha value is -1.28. The molecule has 0 radical (unpaired) electrons. The average Bonchev–Trinajstić information content (AvgIpc) is 3.25. The van der Waals surface area contributed by atoms with Gasteiger partial charge in [-0.2, -0.15) is 0 Å². The highest BCUT2D eigenvalue weighted by atomic mass is 32.2. The summed E-state index contributed by atoms with van der Waals surface area (Å²) in [7, 11) is 0. The highest BCUT2D eigenvalue weighted by molar-refractivity contribution is 8.02. The van der Waals surface area contributed by atoms with Gasteiger partial charge in [-0.25, -0.2) is 0 Å². The monoisotopic (exact) mass is 426 g/mol. The molecule has 0 aliphatic carbocycles. The van der Waals surface area contributed by atoms with Crippen LogP contribution in [0.3, 0.4) is 0 Å². The molecular formula is C21H34N2O5S. The fourth-order valence-electron chi connectivity index (χ4n) is 5.50. The Morgan fingerprint density at radius 2 is 2.07 bits per heavy atom. The molecule has 0 aromatic carbocycles. The van der Waals surface area contributed by atoms with Crippen molar-refractivity contribution in [1.29, 1.82) is 0 Å². The number of fused-ring (bicyclic) bond motifs is 1. The van der Waals surface area contributed by atoms with Gasteiger partial charge in [-0.05, 0) is 40.0 Å². The third-order valence-electron chi connectivity index (χ3n) is 6.82. The van der Waals surface area contributed by atoms with Gasteiger partial charge >= 0.3 is 5.97 Å². The van der Waals surface area contributed by atoms with Crippen molar-refractivity contribution in [2.24, 2.45) is 11.8 Å². The average molecular weight is 427 g/mol. The van der Waals surface area contributed by atoms with E-state index in [0.29, 0.717) is 13.0 Å². The maximum Gasteiger partial charge on any atom is 0.311 e. The van der Waals surface area contributed by atoms with Gasteiger partial charge in [0.2, 0.25) is 11.8 Å². The number of nitrogens with one attached hydrogen (secondary N) is 1. The number of hydrogen-bond acceptors (Lipinski definition) is 6. The van der Waals surface area contributed by atoms with Gasteiger partial charge in [0.05, 0.1) is 35.8 Å². The zero-order valence-electron chi connectivity index (χ0n) is 17.9. The first-order valence-electron chi connectivity index (χ1n) is 10.8. The summed E-state index contributed by atoms with van der Waals surface area (Å²) in [5, 5.41) is 12.8. The standard InChI is InChI=1S/C21H34N2O5S/c1-5-7-8-11-22-17(25)16-21-10-9-20(4,29-21)15(19(27)28-6-2)14(21)18(26)23(16)13(3)12-24/h13-16,24H,5-12H2,1-4H3,(H,22,25)/t13-,14+,15-,16?,20+,21?/m1/s1. The molecule has 6 atom stereocenters. The number of likely N-dealkylation sites (tertiary alicyclic amines) is 1. The largest absolute Gasteiger partial charge is 0.466 e. The van der Waals surface area contributed by atoms with E-state index in [1.54, 1.807) is 30.5 Å². The molecule has 3 aliphatic rings. The highest BCUT2D eigenvalue weighted by Crippen LogP contribution is 2.71. The van der Waals surface area contributed by atoms with Crippen molar-refractivity contribution in [3.8, 4) is 0 Å². The van der Waals surface area contributed by atoms with E-state index in [4.69, 9.17) is 4.74 Å². The van der Waals surface area contributed by atoms with Gasteiger partial charge in [0.25, 0.3) is 0 Å². The molecule has 29 heavy (non-hydrogen) atoms. The number of aliphatic hydroxyl groups is 1. The van der Waals surface area contributed by atoms with Crippen LogP contribution in [0.2, 0.25) is 0 Å². The van der Waals surface area contributed by atoms with Crippen molar-refractivity contribution in [1.82, 2.24) is 10.2 Å². The Kier molecular flexibility index (Phi) is 6.53. The summed E-state index contributed by atoms with van der Waals surface area (Å²) in [5.41, 5.74) is 0. The number of esters is 1. The Balaban J connectivity index is 1.95. The maximum atomic E-state index is 13.5. The third kappa shape index (κ3) is 3.46. The van der Waals surface area contributed by atoms with E-state index >= 15 is 0 Å². The number of ether oxygens (including phenoxy) is 1. The first kappa shape index (κ1) is 22.4. The van der Waals surface area contributed by atoms with Crippen LogP contribution in [0.1, 0.15) is 59.8 Å². The Labute approximate surface area is 177 Å². The topological polar surface area (TPSA) is 95.9 Å². The number of unbranched alkanes of at least 4 members (excludes halogenated alkanes) is 2. The maximum absolute atomic E-state index is 13.5. The van der Waals surface area contributed by atoms with E-state index < -0.39 is 33.4 Å². The number of thioether (sulfide) groups is 1. The predicted molar refractivity (Wildman–Crippen MR) is 111 cm³/mol. The molecule has 0 saturated carbocycles. The van der Waals surface area contributed by atoms with Gasteiger partial charge in [0, 0.05) is 11.3 Å². The van der Waals surface area contributed by atoms with E-state index in [0.717, 1.165) is 25.7 Å². The van der Waals surface area contributed by atoms with Gasteiger partial charge in [0.15, 0.2) is 0 Å². The van der Waals surface area contributed by atoms with E-state index in [1.807, 2.05) is 6.92 Å². The quantitative estimate of drug-likeness (QED) is 0.431. The van der Waals surface area contributed by atoms with Crippen LogP contribution in [0, 0.1) is 11.8 Å². The van der Waals surface area contributed by atoms with Crippen LogP contribution in [-0.4, -0.2) is 69.1 Å². The molecule has 7 nitrogen and oxygen atoms in total. The van der Waals surface area contributed by atoms with Crippen molar-refractivity contribution >= 4 is 29.5 Å². The predicted octanol–water partition coefficient (Wildman–Crippen LogP) is 1.72. The van der Waals surface area contributed by atoms with Gasteiger partial charge in [-0.3, -0.25) is 14.4 Å². The number of nitrogens with zero attached hydrogens (tertiary/aromatic N) is 1. The number of aliphatic hydroxyl groups excluding tert-OH is 1. The van der Waals surface area contributed by atoms with Gasteiger partial charge in [-0.15, -0.1) is 11.8 Å². The molecule has 164 valence electrons. The fraction of sp³-hybridized carbons (Fsp3) is 0.857. The zero-order valence-corrected chi connectivity index (χ0v) is 18.7. The van der Waals surface area contributed by atoms with Crippen LogP contribution in [0.5, 0.6) is 0 Å². The smallest absolute Gasteiger partial charge is 0.311 e. The molecule has 3 rings (SSSR count). The molecular weight excluding hydrogens is 392 g/mol. The van der Waals surface area contributed by atoms with Gasteiger partial charge in [-0.1, -0.05) is 19.8 Å². The molecule has 3 saturated heterocycles. The van der Waals surface area contributed by atoms with E-state index in [9.17, 15) is 19.5 Å². The summed E-state index contributed by atoms with van der Waals surface area (Å²) in [4.78, 5) is 41.2. The number of carbonyl (C=O) groups excluding carboxylic acids is 3. The molecule has 2 amide bonds. The zero-order chi connectivity index (χ0) is 21.4. The van der Waals surface area contributed by atoms with E-state index in [2.05, 4.69) is 12.2 Å². The number of hydrogen-bond donors (Lipinski definition) is 2. The van der Waals surface area contributed by atoms with Crippen LogP contribution in [0.25, 0.3) is 0 Å². The summed E-state index contributed by atoms with van der Waals surface area (Å²) in [5.74, 6) is -1.85. The second kappa shape index (κ2) is 8.46. The Bertz CT molecular complexity index is 673. The number of carbonyl (C=O) groups is 3. The van der Waals surface area contributed by atoms with Crippen molar-refractivity contribution < 1.29 is 24.2 Å². The van der Waals surface area contributed by atoms with Crippen molar-refractivity contribution in [3.63, 3.8) is 0 Å². The third-order valence-corrected chi connectivity index (χ3v) is 8.81. The van der Waals surface area contributed by atoms with Crippen molar-refractivity contribution in [3.05, 3.63) is 0 Å². The lowest BCUT2D eigenvalue weighted by Gasteiger charge is -2.35. The van der Waals surface area contributed by atoms with Gasteiger partial charge in [0.1, 0.15) is 6.04 Å². The second-order valence-electron chi connectivity index (χ2n) is 8.75. The summed E-state index contributed by atoms with van der Waals surface area (Å²) in [6, 6.07) is -1.15. The molecule has 0 aromatic rings. The lowest BCUT2D eigenvalue weighted by molar-refractivity contribution is -0.155. The molecule has 3 heterocycles. The van der Waals surface area contributed by atoms with Crippen LogP contribution >= 0.6 is 11.8 Å². The minimum Gasteiger partial charge on any atom is -0.466 e. The molecule has 2 N–H and O–H groups in total. The molecule has 8 heteroatoms. The molecule has 3 aliphatic heterocycles. The Morgan fingerprint density at radius 3 is 2.69 bits per heavy atom. The molecule has 1 spiro atoms. The molecule has 3 fully saturated rings. The summed E-state index contributed by atoms with van der Waals surface area (Å²) >= 11 is 1.62. The van der Waals surface area contributed by atoms with E-state index in [-0.39, 0.29) is 31.0 Å². The normalized spacial score (nSPS) is 36.2. The SMILES string of the molecule is CCCCCNC(=O)C1N([C@H](C)CO)C(=O)[C@@H]2[C@H](C(=O)OCC)[C@]3(C)CCC12S3. The Morgan fingerprint density at radius 1 is 1.34 bits per heavy atom. The van der Waals surface area contributed by atoms with Crippen LogP contribution in [0.4, 0.5) is 0 Å². The minimum absolute atomic E-state index is 0.168. The summed E-state index contributed by atoms with van der Waals surface area (Å²) < 4.78 is 4.30. The molecule has 0 aromatic heterocycles. The highest BCUT2D eigenvalue weighted by Gasteiger charge is 2.77. The summed E-state index contributed by atoms with van der Waals surface area (Å²) in [6.07, 6.45) is 4.47. The fourth-order valence-corrected chi connectivity index (χ4v) is 7.83. The second-order valence-corrected chi connectivity index (χ2v) is 10.7. The lowest BCUT2D eigenvalue weighted by atomic mass is 9.66. The van der Waals surface area contributed by atoms with Crippen molar-refractivity contribution in [2.75, 3.05) is 19.8 Å². The van der Waals surface area contributed by atoms with Crippen molar-refractivity contribution in [2.45, 2.75) is 81.4 Å². The molecule has 2 bridgehead atoms. The number of amides is 2. The van der Waals surface area contributed by atoms with Crippen LogP contribution in [0.15, 0.2) is 0 Å². The van der Waals surface area contributed by atoms with Crippen LogP contribution in [-0.2, 0) is 19.1 Å². The van der Waals surface area contributed by atoms with Gasteiger partial charge < -0.3 is 20.1 Å². The number of rotatable bonds is 9. The molecule has 2 unspecified atom stereocenters. The minimum atomic E-state index is -0.671. The summed E-state index contributed by atoms with van der Waals surface area (Å²) in [6.45, 7) is 8.26. The lowest BCUT2D eigenvalue weighted by Crippen LogP contribution is -2.56.